The SMILES string of the molecule is COc1cc(C=O)c(CC#N)cc1Br. The molecular formula is C10H8BrNO2. The van der Waals surface area contributed by atoms with Gasteiger partial charge in [-0.3, -0.25) is 4.79 Å². The minimum Gasteiger partial charge on any atom is -0.496 e. The lowest BCUT2D eigenvalue weighted by Crippen LogP contribution is -1.94. The first-order valence-electron chi connectivity index (χ1n) is 3.91. The standard InChI is InChI=1S/C10H8BrNO2/c1-14-10-5-8(6-13)7(2-3-12)4-9(10)11/h4-6H,2H2,1H3. The first kappa shape index (κ1) is 10.7. The molecule has 0 fully saturated rings. The Bertz CT molecular complexity index is 396. The van der Waals surface area contributed by atoms with Crippen LogP contribution in [0.25, 0.3) is 0 Å². The molecule has 0 radical (unpaired) electrons. The molecule has 1 rings (SSSR count). The predicted octanol–water partition coefficient (Wildman–Crippen LogP) is 2.34. The number of ether oxygens (including phenoxy) is 1. The number of benzene rings is 1. The van der Waals surface area contributed by atoms with Crippen LogP contribution in [-0.4, -0.2) is 13.4 Å². The summed E-state index contributed by atoms with van der Waals surface area (Å²) in [5.41, 5.74) is 1.20. The third kappa shape index (κ3) is 2.12. The Morgan fingerprint density at radius 3 is 2.86 bits per heavy atom. The van der Waals surface area contributed by atoms with Gasteiger partial charge in [0.15, 0.2) is 6.29 Å². The van der Waals surface area contributed by atoms with Gasteiger partial charge in [-0.15, -0.1) is 0 Å². The molecule has 0 unspecified atom stereocenters. The molecule has 3 nitrogen and oxygen atoms in total. The Morgan fingerprint density at radius 1 is 1.64 bits per heavy atom. The lowest BCUT2D eigenvalue weighted by atomic mass is 10.1. The van der Waals surface area contributed by atoms with E-state index >= 15 is 0 Å². The van der Waals surface area contributed by atoms with Crippen LogP contribution in [0, 0.1) is 11.3 Å². The number of hydrogen-bond donors (Lipinski definition) is 0. The van der Waals surface area contributed by atoms with Gasteiger partial charge >= 0.3 is 0 Å². The summed E-state index contributed by atoms with van der Waals surface area (Å²) in [5, 5.41) is 8.54. The van der Waals surface area contributed by atoms with Crippen molar-refractivity contribution in [1.29, 1.82) is 5.26 Å². The van der Waals surface area contributed by atoms with Crippen molar-refractivity contribution in [3.63, 3.8) is 0 Å². The topological polar surface area (TPSA) is 50.1 Å². The van der Waals surface area contributed by atoms with E-state index in [9.17, 15) is 4.79 Å². The number of rotatable bonds is 3. The number of nitrogens with zero attached hydrogens (tertiary/aromatic N) is 1. The number of methoxy groups -OCH3 is 1. The van der Waals surface area contributed by atoms with Crippen LogP contribution in [-0.2, 0) is 6.42 Å². The van der Waals surface area contributed by atoms with E-state index in [-0.39, 0.29) is 6.42 Å². The molecule has 0 aliphatic heterocycles. The van der Waals surface area contributed by atoms with Crippen molar-refractivity contribution in [2.24, 2.45) is 0 Å². The zero-order valence-electron chi connectivity index (χ0n) is 7.58. The van der Waals surface area contributed by atoms with Gasteiger partial charge < -0.3 is 4.74 Å². The number of hydrogen-bond acceptors (Lipinski definition) is 3. The second kappa shape index (κ2) is 4.77. The van der Waals surface area contributed by atoms with Gasteiger partial charge in [0.2, 0.25) is 0 Å². The highest BCUT2D eigenvalue weighted by Crippen LogP contribution is 2.28. The van der Waals surface area contributed by atoms with E-state index in [0.29, 0.717) is 16.9 Å². The summed E-state index contributed by atoms with van der Waals surface area (Å²) < 4.78 is 5.78. The van der Waals surface area contributed by atoms with Crippen LogP contribution in [0.5, 0.6) is 5.75 Å². The lowest BCUT2D eigenvalue weighted by Gasteiger charge is -2.06. The van der Waals surface area contributed by atoms with E-state index in [2.05, 4.69) is 15.9 Å². The fourth-order valence-corrected chi connectivity index (χ4v) is 1.67. The van der Waals surface area contributed by atoms with E-state index in [0.717, 1.165) is 10.8 Å². The van der Waals surface area contributed by atoms with Crippen molar-refractivity contribution < 1.29 is 9.53 Å². The van der Waals surface area contributed by atoms with E-state index in [4.69, 9.17) is 10.00 Å². The Morgan fingerprint density at radius 2 is 2.36 bits per heavy atom. The molecule has 0 aliphatic rings. The summed E-state index contributed by atoms with van der Waals surface area (Å²) in [6.07, 6.45) is 0.943. The molecule has 0 heterocycles. The van der Waals surface area contributed by atoms with E-state index in [1.165, 1.54) is 7.11 Å². The van der Waals surface area contributed by atoms with E-state index in [1.54, 1.807) is 12.1 Å². The molecule has 0 bridgehead atoms. The molecule has 0 atom stereocenters. The van der Waals surface area contributed by atoms with E-state index < -0.39 is 0 Å². The molecule has 1 aromatic rings. The summed E-state index contributed by atoms with van der Waals surface area (Å²) in [4.78, 5) is 10.7. The Hall–Kier alpha value is -1.34. The van der Waals surface area contributed by atoms with Crippen LogP contribution in [0.15, 0.2) is 16.6 Å². The lowest BCUT2D eigenvalue weighted by molar-refractivity contribution is 0.112. The summed E-state index contributed by atoms with van der Waals surface area (Å²) in [5.74, 6) is 0.591. The first-order valence-corrected chi connectivity index (χ1v) is 4.70. The Kier molecular flexibility index (Phi) is 3.66. The van der Waals surface area contributed by atoms with Gasteiger partial charge in [0.1, 0.15) is 5.75 Å². The molecule has 0 saturated heterocycles. The molecule has 0 spiro atoms. The smallest absolute Gasteiger partial charge is 0.150 e. The van der Waals surface area contributed by atoms with Gasteiger partial charge in [-0.05, 0) is 33.6 Å². The van der Waals surface area contributed by atoms with Crippen LogP contribution in [0.3, 0.4) is 0 Å². The Labute approximate surface area is 90.4 Å². The summed E-state index contributed by atoms with van der Waals surface area (Å²) in [6, 6.07) is 5.35. The van der Waals surface area contributed by atoms with Crippen LogP contribution in [0.2, 0.25) is 0 Å². The van der Waals surface area contributed by atoms with Crippen LogP contribution < -0.4 is 4.74 Å². The van der Waals surface area contributed by atoms with Gasteiger partial charge in [-0.2, -0.15) is 5.26 Å². The normalized spacial score (nSPS) is 9.21. The summed E-state index contributed by atoms with van der Waals surface area (Å²) in [7, 11) is 1.53. The van der Waals surface area contributed by atoms with Crippen molar-refractivity contribution in [3.8, 4) is 11.8 Å². The molecule has 0 aromatic heterocycles. The van der Waals surface area contributed by atoms with Crippen molar-refractivity contribution >= 4 is 22.2 Å². The van der Waals surface area contributed by atoms with Crippen molar-refractivity contribution in [2.45, 2.75) is 6.42 Å². The number of aldehydes is 1. The van der Waals surface area contributed by atoms with Crippen LogP contribution in [0.1, 0.15) is 15.9 Å². The third-order valence-electron chi connectivity index (χ3n) is 1.81. The molecule has 4 heteroatoms. The average molecular weight is 254 g/mol. The third-order valence-corrected chi connectivity index (χ3v) is 2.43. The maximum Gasteiger partial charge on any atom is 0.150 e. The van der Waals surface area contributed by atoms with E-state index in [1.807, 2.05) is 6.07 Å². The number of halogens is 1. The van der Waals surface area contributed by atoms with Gasteiger partial charge in [-0.25, -0.2) is 0 Å². The van der Waals surface area contributed by atoms with Crippen molar-refractivity contribution in [2.75, 3.05) is 7.11 Å². The molecule has 1 aromatic carbocycles. The summed E-state index contributed by atoms with van der Waals surface area (Å²) >= 11 is 3.29. The number of carbonyl (C=O) groups is 1. The molecule has 72 valence electrons. The van der Waals surface area contributed by atoms with Gasteiger partial charge in [0.25, 0.3) is 0 Å². The molecule has 14 heavy (non-hydrogen) atoms. The largest absolute Gasteiger partial charge is 0.496 e. The van der Waals surface area contributed by atoms with Crippen LogP contribution in [0.4, 0.5) is 0 Å². The maximum atomic E-state index is 10.7. The van der Waals surface area contributed by atoms with Crippen LogP contribution >= 0.6 is 15.9 Å². The highest BCUT2D eigenvalue weighted by molar-refractivity contribution is 9.10. The van der Waals surface area contributed by atoms with Crippen molar-refractivity contribution in [1.82, 2.24) is 0 Å². The number of carbonyl (C=O) groups excluding carboxylic acids is 1. The second-order valence-corrected chi connectivity index (χ2v) is 3.49. The van der Waals surface area contributed by atoms with Crippen molar-refractivity contribution in [3.05, 3.63) is 27.7 Å². The zero-order chi connectivity index (χ0) is 10.6. The maximum absolute atomic E-state index is 10.7. The molecular weight excluding hydrogens is 246 g/mol. The molecule has 0 saturated carbocycles. The molecule has 0 N–H and O–H groups in total. The highest BCUT2D eigenvalue weighted by Gasteiger charge is 2.07. The quantitative estimate of drug-likeness (QED) is 0.778. The Balaban J connectivity index is 3.25. The molecule has 0 aliphatic carbocycles. The highest BCUT2D eigenvalue weighted by atomic mass is 79.9. The van der Waals surface area contributed by atoms with Gasteiger partial charge in [-0.1, -0.05) is 0 Å². The zero-order valence-corrected chi connectivity index (χ0v) is 9.17. The monoisotopic (exact) mass is 253 g/mol. The fourth-order valence-electron chi connectivity index (χ4n) is 1.11. The second-order valence-electron chi connectivity index (χ2n) is 2.64. The minimum absolute atomic E-state index is 0.219. The average Bonchev–Trinajstić information content (AvgIpc) is 2.19. The summed E-state index contributed by atoms with van der Waals surface area (Å²) in [6.45, 7) is 0. The molecule has 0 amide bonds. The number of nitriles is 1. The van der Waals surface area contributed by atoms with Gasteiger partial charge in [0, 0.05) is 5.56 Å². The predicted molar refractivity (Wildman–Crippen MR) is 55.4 cm³/mol. The first-order chi connectivity index (χ1) is 6.72. The minimum atomic E-state index is 0.219. The fraction of sp³-hybridized carbons (Fsp3) is 0.200. The van der Waals surface area contributed by atoms with Gasteiger partial charge in [0.05, 0.1) is 24.1 Å².